The molecule has 0 rings (SSSR count). The van der Waals surface area contributed by atoms with Crippen molar-refractivity contribution >= 4 is 113 Å². The van der Waals surface area contributed by atoms with Crippen LogP contribution in [-0.4, -0.2) is 157 Å². The third kappa shape index (κ3) is 617. The number of aliphatic hydroxyl groups excluding tert-OH is 1. The van der Waals surface area contributed by atoms with Crippen molar-refractivity contribution in [1.82, 2.24) is 5.32 Å². The maximum atomic E-state index is 9.00. The van der Waals surface area contributed by atoms with E-state index in [4.69, 9.17) is 50.4 Å². The second-order valence-electron chi connectivity index (χ2n) is 3.49. The topological polar surface area (TPSA) is 207 Å². The quantitative estimate of drug-likeness (QED) is 0.186. The van der Waals surface area contributed by atoms with Gasteiger partial charge in [-0.25, -0.2) is 0 Å². The fourth-order valence-electron chi connectivity index (χ4n) is 0.292. The summed E-state index contributed by atoms with van der Waals surface area (Å²) in [4.78, 5) is 36.0. The van der Waals surface area contributed by atoms with Crippen molar-refractivity contribution in [3.63, 3.8) is 0 Å². The van der Waals surface area contributed by atoms with Gasteiger partial charge < -0.3 is 31.3 Å². The van der Waals surface area contributed by atoms with E-state index in [1.54, 1.807) is 6.92 Å². The van der Waals surface area contributed by atoms with Gasteiger partial charge in [0, 0.05) is 40.8 Å². The summed E-state index contributed by atoms with van der Waals surface area (Å²) in [6, 6.07) is 0. The van der Waals surface area contributed by atoms with Crippen molar-refractivity contribution in [3.05, 3.63) is 0 Å². The van der Waals surface area contributed by atoms with Crippen LogP contribution in [0.15, 0.2) is 0 Å². The Hall–Kier alpha value is 0.760. The second kappa shape index (κ2) is 44.9. The molecule has 0 spiro atoms. The zero-order valence-corrected chi connectivity index (χ0v) is 13.9. The molecule has 0 aromatic carbocycles. The van der Waals surface area contributed by atoms with Gasteiger partial charge in [-0.05, 0) is 6.92 Å². The molecule has 0 saturated carbocycles. The number of rotatable bonds is 3. The van der Waals surface area contributed by atoms with Crippen LogP contribution in [0.25, 0.3) is 0 Å². The SMILES string of the molecule is CC(=O)O.CC(=O)O.CC(=O)O.CC(=O)O.CC(O)NCCN.[NaH].[NaH].[NaH]. The van der Waals surface area contributed by atoms with Crippen molar-refractivity contribution in [1.29, 1.82) is 0 Å². The predicted octanol–water partition coefficient (Wildman–Crippen LogP) is -2.71. The molecule has 0 aliphatic heterocycles. The monoisotopic (exact) mass is 416 g/mol. The van der Waals surface area contributed by atoms with Gasteiger partial charge in [-0.2, -0.15) is 0 Å². The number of hydrogen-bond donors (Lipinski definition) is 7. The Labute approximate surface area is 220 Å². The number of carboxylic acid groups (broad SMARTS) is 4. The van der Waals surface area contributed by atoms with Gasteiger partial charge in [-0.15, -0.1) is 0 Å². The molecule has 0 aliphatic carbocycles. The van der Waals surface area contributed by atoms with E-state index in [-0.39, 0.29) is 88.7 Å². The summed E-state index contributed by atoms with van der Waals surface area (Å²) in [6.07, 6.45) is -0.427. The molecule has 0 saturated heterocycles. The summed E-state index contributed by atoms with van der Waals surface area (Å²) in [5, 5.41) is 40.9. The first kappa shape index (κ1) is 50.5. The molecule has 0 heterocycles. The van der Waals surface area contributed by atoms with E-state index in [2.05, 4.69) is 5.32 Å². The van der Waals surface area contributed by atoms with E-state index < -0.39 is 30.1 Å². The number of aliphatic carboxylic acids is 4. The minimum atomic E-state index is -0.833. The molecule has 1 atom stereocenters. The molecule has 0 aliphatic rings. The van der Waals surface area contributed by atoms with Crippen LogP contribution in [0, 0.1) is 0 Å². The van der Waals surface area contributed by atoms with Gasteiger partial charge in [0.05, 0.1) is 0 Å². The van der Waals surface area contributed by atoms with E-state index in [0.29, 0.717) is 13.1 Å². The minimum absolute atomic E-state index is 0. The fourth-order valence-corrected chi connectivity index (χ4v) is 0.292. The molecule has 0 aromatic rings. The van der Waals surface area contributed by atoms with E-state index in [1.807, 2.05) is 0 Å². The van der Waals surface area contributed by atoms with Gasteiger partial charge in [-0.1, -0.05) is 0 Å². The standard InChI is InChI=1S/C4H12N2O.4C2H4O2.3Na.3H/c1-4(7)6-3-2-5;4*1-2(3)4;;;;;;/h4,6-7H,2-3,5H2,1H3;4*1H3,(H,3,4);;;;;;. The Balaban J connectivity index is -0.0000000258. The van der Waals surface area contributed by atoms with E-state index >= 15 is 0 Å². The summed E-state index contributed by atoms with van der Waals surface area (Å²) in [7, 11) is 0. The van der Waals surface area contributed by atoms with Crippen molar-refractivity contribution < 1.29 is 44.7 Å². The number of hydrogen-bond acceptors (Lipinski definition) is 7. The maximum absolute atomic E-state index is 9.00. The Kier molecular flexibility index (Phi) is 87.1. The molecule has 0 radical (unpaired) electrons. The first-order valence-electron chi connectivity index (χ1n) is 6.10. The zero-order valence-electron chi connectivity index (χ0n) is 13.9. The van der Waals surface area contributed by atoms with Crippen LogP contribution in [-0.2, 0) is 19.2 Å². The van der Waals surface area contributed by atoms with Crippen LogP contribution in [0.5, 0.6) is 0 Å². The van der Waals surface area contributed by atoms with Crippen LogP contribution < -0.4 is 11.1 Å². The molecule has 8 N–H and O–H groups in total. The number of carboxylic acids is 4. The molecule has 0 bridgehead atoms. The molecule has 146 valence electrons. The normalized spacial score (nSPS) is 7.65. The van der Waals surface area contributed by atoms with Crippen LogP contribution in [0.2, 0.25) is 0 Å². The van der Waals surface area contributed by atoms with Crippen molar-refractivity contribution in [3.8, 4) is 0 Å². The first-order valence-corrected chi connectivity index (χ1v) is 6.10. The summed E-state index contributed by atoms with van der Waals surface area (Å²) in [5.74, 6) is -3.33. The Morgan fingerprint density at radius 2 is 0.923 bits per heavy atom. The van der Waals surface area contributed by atoms with Gasteiger partial charge in [0.1, 0.15) is 6.23 Å². The number of aliphatic hydroxyl groups is 1. The average Bonchev–Trinajstić information content (AvgIpc) is 2.22. The van der Waals surface area contributed by atoms with Crippen molar-refractivity contribution in [2.45, 2.75) is 40.8 Å². The molecule has 0 fully saturated rings. The Bertz CT molecular complexity index is 256. The van der Waals surface area contributed by atoms with Crippen molar-refractivity contribution in [2.24, 2.45) is 5.73 Å². The van der Waals surface area contributed by atoms with Gasteiger partial charge >= 0.3 is 88.7 Å². The number of nitrogens with one attached hydrogen (secondary N) is 1. The zero-order chi connectivity index (χ0) is 20.0. The van der Waals surface area contributed by atoms with E-state index in [1.165, 1.54) is 0 Å². The molecule has 1 unspecified atom stereocenters. The predicted molar refractivity (Wildman–Crippen MR) is 103 cm³/mol. The number of carbonyl (C=O) groups is 4. The second-order valence-corrected chi connectivity index (χ2v) is 3.49. The summed E-state index contributed by atoms with van der Waals surface area (Å²) in [5.41, 5.74) is 5.10. The average molecular weight is 416 g/mol. The van der Waals surface area contributed by atoms with Crippen LogP contribution in [0.1, 0.15) is 34.6 Å². The van der Waals surface area contributed by atoms with Crippen LogP contribution in [0.4, 0.5) is 0 Å². The molecular weight excluding hydrogens is 385 g/mol. The van der Waals surface area contributed by atoms with Gasteiger partial charge in [0.25, 0.3) is 23.9 Å². The number of nitrogens with two attached hydrogens (primary N) is 1. The molecule has 0 aromatic heterocycles. The fraction of sp³-hybridized carbons (Fsp3) is 0.667. The first-order chi connectivity index (χ1) is 10.2. The third-order valence-electron chi connectivity index (χ3n) is 0.584. The summed E-state index contributed by atoms with van der Waals surface area (Å²) in [6.45, 7) is 7.25. The molecule has 26 heavy (non-hydrogen) atoms. The Morgan fingerprint density at radius 3 is 0.962 bits per heavy atom. The van der Waals surface area contributed by atoms with Gasteiger partial charge in [0.15, 0.2) is 0 Å². The molecular formula is C12H31N2Na3O9. The molecule has 11 nitrogen and oxygen atoms in total. The summed E-state index contributed by atoms with van der Waals surface area (Å²) < 4.78 is 0. The molecule has 14 heteroatoms. The summed E-state index contributed by atoms with van der Waals surface area (Å²) >= 11 is 0. The Morgan fingerprint density at radius 1 is 0.769 bits per heavy atom. The van der Waals surface area contributed by atoms with Gasteiger partial charge in [0.2, 0.25) is 0 Å². The van der Waals surface area contributed by atoms with E-state index in [0.717, 1.165) is 27.7 Å². The van der Waals surface area contributed by atoms with Crippen LogP contribution in [0.3, 0.4) is 0 Å². The van der Waals surface area contributed by atoms with Crippen molar-refractivity contribution in [2.75, 3.05) is 13.1 Å². The third-order valence-corrected chi connectivity index (χ3v) is 0.584. The molecule has 0 amide bonds. The van der Waals surface area contributed by atoms with Crippen LogP contribution >= 0.6 is 0 Å². The van der Waals surface area contributed by atoms with Gasteiger partial charge in [-0.3, -0.25) is 24.5 Å². The van der Waals surface area contributed by atoms with E-state index in [9.17, 15) is 0 Å².